The maximum atomic E-state index is 12.1. The second-order valence-corrected chi connectivity index (χ2v) is 10.1. The van der Waals surface area contributed by atoms with Gasteiger partial charge >= 0.3 is 0 Å². The molecule has 1 N–H and O–H groups in total. The molecule has 1 aliphatic rings. The molecule has 0 unspecified atom stereocenters. The summed E-state index contributed by atoms with van der Waals surface area (Å²) in [5, 5.41) is 1.60. The molecule has 5 rings (SSSR count). The summed E-state index contributed by atoms with van der Waals surface area (Å²) in [6.07, 6.45) is 5.40. The fraction of sp³-hybridized carbons (Fsp3) is 0.167. The van der Waals surface area contributed by atoms with Gasteiger partial charge in [-0.3, -0.25) is 9.97 Å². The van der Waals surface area contributed by atoms with E-state index in [0.717, 1.165) is 38.8 Å². The van der Waals surface area contributed by atoms with Gasteiger partial charge in [-0.25, -0.2) is 8.42 Å². The fourth-order valence-electron chi connectivity index (χ4n) is 4.14. The first kappa shape index (κ1) is 21.6. The lowest BCUT2D eigenvalue weighted by atomic mass is 10.0. The van der Waals surface area contributed by atoms with Crippen molar-refractivity contribution < 1.29 is 13.2 Å². The van der Waals surface area contributed by atoms with Crippen molar-refractivity contribution in [3.63, 3.8) is 0 Å². The monoisotopic (exact) mass is 480 g/mol. The predicted molar refractivity (Wildman–Crippen MR) is 129 cm³/mol. The molecule has 0 amide bonds. The Hall–Kier alpha value is -3.20. The zero-order chi connectivity index (χ0) is 23.0. The maximum Gasteiger partial charge on any atom is 0.235 e. The highest BCUT2D eigenvalue weighted by molar-refractivity contribution is 7.92. The second kappa shape index (κ2) is 8.62. The van der Waals surface area contributed by atoms with E-state index in [0.29, 0.717) is 23.7 Å². The molecular formula is C24H21ClN4O3S. The van der Waals surface area contributed by atoms with Crippen molar-refractivity contribution in [1.82, 2.24) is 19.3 Å². The summed E-state index contributed by atoms with van der Waals surface area (Å²) < 4.78 is 31.9. The lowest BCUT2D eigenvalue weighted by Crippen LogP contribution is -2.29. The van der Waals surface area contributed by atoms with Crippen molar-refractivity contribution >= 4 is 32.7 Å². The fourth-order valence-corrected chi connectivity index (χ4v) is 5.27. The Morgan fingerprint density at radius 1 is 1.21 bits per heavy atom. The number of H-pyrrole nitrogens is 1. The van der Waals surface area contributed by atoms with Gasteiger partial charge in [0, 0.05) is 40.5 Å². The van der Waals surface area contributed by atoms with Gasteiger partial charge in [-0.1, -0.05) is 30.3 Å². The molecule has 0 radical (unpaired) electrons. The van der Waals surface area contributed by atoms with Gasteiger partial charge in [-0.05, 0) is 42.3 Å². The normalized spacial score (nSPS) is 16.8. The predicted octanol–water partition coefficient (Wildman–Crippen LogP) is 4.87. The highest BCUT2D eigenvalue weighted by atomic mass is 35.5. The number of rotatable bonds is 6. The standard InChI is InChI=1S/C24H21ClN4O3S/c1-2-33(30,31)29-12-9-18(15-29)32-21-14-26-11-8-19(21)23-22(16-5-3-6-17(25)13-16)24-20(28-23)7-4-10-27-24/h2-8,10-11,13-14,18,28H,1,9,12,15H2/t18-/m1/s1. The molecule has 4 heterocycles. The van der Waals surface area contributed by atoms with E-state index < -0.39 is 10.0 Å². The number of nitrogens with zero attached hydrogens (tertiary/aromatic N) is 3. The van der Waals surface area contributed by atoms with Crippen LogP contribution in [-0.2, 0) is 10.0 Å². The number of aromatic nitrogens is 3. The number of halogens is 1. The zero-order valence-corrected chi connectivity index (χ0v) is 19.2. The van der Waals surface area contributed by atoms with Crippen molar-refractivity contribution in [2.75, 3.05) is 13.1 Å². The third-order valence-electron chi connectivity index (χ3n) is 5.69. The Bertz CT molecular complexity index is 1450. The van der Waals surface area contributed by atoms with Crippen LogP contribution in [0.15, 0.2) is 73.0 Å². The third-order valence-corrected chi connectivity index (χ3v) is 7.40. The Morgan fingerprint density at radius 3 is 2.91 bits per heavy atom. The van der Waals surface area contributed by atoms with Gasteiger partial charge in [0.2, 0.25) is 10.0 Å². The van der Waals surface area contributed by atoms with Crippen LogP contribution in [0.1, 0.15) is 6.42 Å². The minimum atomic E-state index is -3.47. The molecule has 0 saturated carbocycles. The number of nitrogens with one attached hydrogen (secondary N) is 1. The molecule has 7 nitrogen and oxygen atoms in total. The van der Waals surface area contributed by atoms with Gasteiger partial charge in [-0.2, -0.15) is 4.31 Å². The average Bonchev–Trinajstić information content (AvgIpc) is 3.45. The summed E-state index contributed by atoms with van der Waals surface area (Å²) in [7, 11) is -3.47. The van der Waals surface area contributed by atoms with Crippen LogP contribution < -0.4 is 4.74 Å². The first-order chi connectivity index (χ1) is 16.0. The molecule has 1 saturated heterocycles. The number of hydrogen-bond donors (Lipinski definition) is 1. The van der Waals surface area contributed by atoms with Crippen molar-refractivity contribution in [1.29, 1.82) is 0 Å². The van der Waals surface area contributed by atoms with Crippen LogP contribution in [0.5, 0.6) is 5.75 Å². The van der Waals surface area contributed by atoms with Crippen LogP contribution >= 0.6 is 11.6 Å². The summed E-state index contributed by atoms with van der Waals surface area (Å²) >= 11 is 6.29. The molecule has 1 aliphatic heterocycles. The number of ether oxygens (including phenoxy) is 1. The van der Waals surface area contributed by atoms with Crippen LogP contribution in [0.2, 0.25) is 5.02 Å². The van der Waals surface area contributed by atoms with E-state index in [4.69, 9.17) is 16.3 Å². The van der Waals surface area contributed by atoms with Crippen LogP contribution in [0, 0.1) is 0 Å². The van der Waals surface area contributed by atoms with Crippen molar-refractivity contribution in [3.05, 3.63) is 78.1 Å². The van der Waals surface area contributed by atoms with Gasteiger partial charge in [-0.15, -0.1) is 0 Å². The number of sulfonamides is 1. The van der Waals surface area contributed by atoms with E-state index in [1.54, 1.807) is 18.6 Å². The Morgan fingerprint density at radius 2 is 2.09 bits per heavy atom. The second-order valence-electron chi connectivity index (χ2n) is 7.75. The number of fused-ring (bicyclic) bond motifs is 1. The van der Waals surface area contributed by atoms with Gasteiger partial charge < -0.3 is 9.72 Å². The molecule has 33 heavy (non-hydrogen) atoms. The summed E-state index contributed by atoms with van der Waals surface area (Å²) in [4.78, 5) is 12.3. The van der Waals surface area contributed by atoms with E-state index in [2.05, 4.69) is 21.5 Å². The summed E-state index contributed by atoms with van der Waals surface area (Å²) in [6, 6.07) is 13.3. The van der Waals surface area contributed by atoms with E-state index in [1.807, 2.05) is 42.5 Å². The highest BCUT2D eigenvalue weighted by Crippen LogP contribution is 2.41. The summed E-state index contributed by atoms with van der Waals surface area (Å²) in [5.41, 5.74) is 5.18. The van der Waals surface area contributed by atoms with Gasteiger partial charge in [0.25, 0.3) is 0 Å². The van der Waals surface area contributed by atoms with Crippen LogP contribution in [0.25, 0.3) is 33.4 Å². The van der Waals surface area contributed by atoms with E-state index in [9.17, 15) is 8.42 Å². The Labute approximate surface area is 196 Å². The molecule has 0 bridgehead atoms. The Balaban J connectivity index is 1.57. The van der Waals surface area contributed by atoms with Crippen molar-refractivity contribution in [2.24, 2.45) is 0 Å². The molecule has 1 fully saturated rings. The van der Waals surface area contributed by atoms with Crippen molar-refractivity contribution in [2.45, 2.75) is 12.5 Å². The van der Waals surface area contributed by atoms with E-state index in [1.165, 1.54) is 4.31 Å². The molecular weight excluding hydrogens is 460 g/mol. The molecule has 1 atom stereocenters. The minimum Gasteiger partial charge on any atom is -0.487 e. The quantitative estimate of drug-likeness (QED) is 0.425. The molecule has 3 aromatic heterocycles. The maximum absolute atomic E-state index is 12.1. The third kappa shape index (κ3) is 4.13. The van der Waals surface area contributed by atoms with E-state index >= 15 is 0 Å². The van der Waals surface area contributed by atoms with E-state index in [-0.39, 0.29) is 12.6 Å². The van der Waals surface area contributed by atoms with Crippen LogP contribution in [0.3, 0.4) is 0 Å². The first-order valence-electron chi connectivity index (χ1n) is 10.4. The highest BCUT2D eigenvalue weighted by Gasteiger charge is 2.31. The molecule has 0 aliphatic carbocycles. The molecule has 1 aromatic carbocycles. The topological polar surface area (TPSA) is 88.2 Å². The molecule has 168 valence electrons. The first-order valence-corrected chi connectivity index (χ1v) is 12.3. The largest absolute Gasteiger partial charge is 0.487 e. The molecule has 4 aromatic rings. The number of aromatic amines is 1. The van der Waals surface area contributed by atoms with Gasteiger partial charge in [0.1, 0.15) is 11.9 Å². The SMILES string of the molecule is C=CS(=O)(=O)N1CC[C@@H](Oc2cnccc2-c2[nH]c3cccnc3c2-c2cccc(Cl)c2)C1. The summed E-state index contributed by atoms with van der Waals surface area (Å²) in [5.74, 6) is 0.565. The zero-order valence-electron chi connectivity index (χ0n) is 17.6. The summed E-state index contributed by atoms with van der Waals surface area (Å²) in [6.45, 7) is 4.05. The van der Waals surface area contributed by atoms with Crippen LogP contribution in [-0.4, -0.2) is 46.9 Å². The lowest BCUT2D eigenvalue weighted by molar-refractivity contribution is 0.216. The van der Waals surface area contributed by atoms with Gasteiger partial charge in [0.15, 0.2) is 0 Å². The number of hydrogen-bond acceptors (Lipinski definition) is 5. The minimum absolute atomic E-state index is 0.262. The van der Waals surface area contributed by atoms with Crippen molar-refractivity contribution in [3.8, 4) is 28.1 Å². The number of pyridine rings is 2. The lowest BCUT2D eigenvalue weighted by Gasteiger charge is -2.17. The molecule has 9 heteroatoms. The molecule has 0 spiro atoms. The Kier molecular flexibility index (Phi) is 5.65. The average molecular weight is 481 g/mol. The smallest absolute Gasteiger partial charge is 0.235 e. The van der Waals surface area contributed by atoms with Gasteiger partial charge in [0.05, 0.1) is 29.5 Å². The van der Waals surface area contributed by atoms with Crippen LogP contribution in [0.4, 0.5) is 0 Å². The number of benzene rings is 1.